The van der Waals surface area contributed by atoms with Gasteiger partial charge >= 0.3 is 0 Å². The number of amides is 1. The van der Waals surface area contributed by atoms with E-state index < -0.39 is 5.91 Å². The molecular formula is C16H11N5O4S. The van der Waals surface area contributed by atoms with E-state index in [9.17, 15) is 9.59 Å². The lowest BCUT2D eigenvalue weighted by molar-refractivity contribution is 0.0937. The summed E-state index contributed by atoms with van der Waals surface area (Å²) in [6.07, 6.45) is 1.51. The fourth-order valence-corrected chi connectivity index (χ4v) is 2.87. The van der Waals surface area contributed by atoms with Gasteiger partial charge in [0.05, 0.1) is 17.0 Å². The molecule has 4 heterocycles. The van der Waals surface area contributed by atoms with Gasteiger partial charge < -0.3 is 19.3 Å². The summed E-state index contributed by atoms with van der Waals surface area (Å²) in [5.41, 5.74) is 0.103. The summed E-state index contributed by atoms with van der Waals surface area (Å²) >= 11 is 1.49. The average Bonchev–Trinajstić information content (AvgIpc) is 3.40. The summed E-state index contributed by atoms with van der Waals surface area (Å²) in [7, 11) is 0. The van der Waals surface area contributed by atoms with Crippen LogP contribution in [-0.2, 0) is 6.54 Å². The van der Waals surface area contributed by atoms with Crippen molar-refractivity contribution in [1.82, 2.24) is 25.6 Å². The molecule has 0 saturated carbocycles. The second-order valence-electron chi connectivity index (χ2n) is 5.16. The molecule has 0 bridgehead atoms. The van der Waals surface area contributed by atoms with Crippen LogP contribution in [0.2, 0.25) is 0 Å². The van der Waals surface area contributed by atoms with Gasteiger partial charge in [-0.25, -0.2) is 0 Å². The normalized spacial score (nSPS) is 10.8. The van der Waals surface area contributed by atoms with Crippen LogP contribution >= 0.6 is 11.3 Å². The van der Waals surface area contributed by atoms with Crippen molar-refractivity contribution < 1.29 is 13.8 Å². The van der Waals surface area contributed by atoms with Gasteiger partial charge in [-0.1, -0.05) is 16.4 Å². The zero-order valence-electron chi connectivity index (χ0n) is 13.1. The number of pyridine rings is 1. The molecule has 10 heteroatoms. The molecule has 0 aliphatic carbocycles. The Kier molecular flexibility index (Phi) is 4.15. The zero-order chi connectivity index (χ0) is 17.9. The van der Waals surface area contributed by atoms with E-state index >= 15 is 0 Å². The lowest BCUT2D eigenvalue weighted by Gasteiger charge is -1.97. The number of aromatic nitrogens is 4. The van der Waals surface area contributed by atoms with Crippen LogP contribution in [0, 0.1) is 0 Å². The van der Waals surface area contributed by atoms with Crippen molar-refractivity contribution in [2.45, 2.75) is 6.54 Å². The maximum absolute atomic E-state index is 12.2. The molecule has 0 aliphatic heterocycles. The number of aromatic amines is 1. The fraction of sp³-hybridized carbons (Fsp3) is 0.0625. The van der Waals surface area contributed by atoms with E-state index in [1.54, 1.807) is 18.2 Å². The first-order chi connectivity index (χ1) is 12.7. The van der Waals surface area contributed by atoms with Gasteiger partial charge in [0.25, 0.3) is 11.5 Å². The molecule has 4 aromatic rings. The number of carbonyl (C=O) groups is 1. The highest BCUT2D eigenvalue weighted by Crippen LogP contribution is 2.25. The first-order valence-corrected chi connectivity index (χ1v) is 8.38. The van der Waals surface area contributed by atoms with E-state index in [0.717, 1.165) is 4.88 Å². The van der Waals surface area contributed by atoms with E-state index in [2.05, 4.69) is 25.6 Å². The Labute approximate surface area is 149 Å². The predicted octanol–water partition coefficient (Wildman–Crippen LogP) is 2.07. The SMILES string of the molecule is O=C(NCc1nc(-c2ccc[nH]c2=O)no1)c1cc(-c2cccs2)on1. The molecule has 9 nitrogen and oxygen atoms in total. The standard InChI is InChI=1S/C16H11N5O4S/c22-15-9(3-1-5-17-15)14-19-13(25-21-14)8-18-16(23)10-7-11(24-20-10)12-4-2-6-26-12/h1-7H,8H2,(H,17,22)(H,18,23). The second-order valence-corrected chi connectivity index (χ2v) is 6.11. The first kappa shape index (κ1) is 16.0. The smallest absolute Gasteiger partial charge is 0.273 e. The van der Waals surface area contributed by atoms with Gasteiger partial charge in [-0.05, 0) is 23.6 Å². The van der Waals surface area contributed by atoms with Crippen molar-refractivity contribution in [3.63, 3.8) is 0 Å². The molecule has 130 valence electrons. The zero-order valence-corrected chi connectivity index (χ0v) is 13.9. The van der Waals surface area contributed by atoms with Gasteiger partial charge in [0.15, 0.2) is 11.5 Å². The van der Waals surface area contributed by atoms with Gasteiger partial charge in [-0.15, -0.1) is 11.3 Å². The molecule has 2 N–H and O–H groups in total. The second kappa shape index (κ2) is 6.76. The van der Waals surface area contributed by atoms with Crippen LogP contribution in [0.1, 0.15) is 16.4 Å². The Balaban J connectivity index is 1.42. The lowest BCUT2D eigenvalue weighted by atomic mass is 10.3. The van der Waals surface area contributed by atoms with Crippen molar-refractivity contribution in [3.8, 4) is 22.0 Å². The third kappa shape index (κ3) is 3.17. The number of H-pyrrole nitrogens is 1. The molecule has 0 unspecified atom stereocenters. The molecule has 1 amide bonds. The summed E-state index contributed by atoms with van der Waals surface area (Å²) in [6.45, 7) is -0.00222. The van der Waals surface area contributed by atoms with E-state index in [4.69, 9.17) is 9.05 Å². The number of carbonyl (C=O) groups excluding carboxylic acids is 1. The predicted molar refractivity (Wildman–Crippen MR) is 91.3 cm³/mol. The van der Waals surface area contributed by atoms with Gasteiger partial charge in [-0.2, -0.15) is 4.98 Å². The maximum atomic E-state index is 12.2. The highest BCUT2D eigenvalue weighted by atomic mass is 32.1. The largest absolute Gasteiger partial charge is 0.355 e. The third-order valence-corrected chi connectivity index (χ3v) is 4.32. The summed E-state index contributed by atoms with van der Waals surface area (Å²) < 4.78 is 10.2. The molecule has 4 aromatic heterocycles. The number of hydrogen-bond donors (Lipinski definition) is 2. The molecule has 0 radical (unpaired) electrons. The molecule has 26 heavy (non-hydrogen) atoms. The molecule has 0 aliphatic rings. The van der Waals surface area contributed by atoms with Crippen molar-refractivity contribution >= 4 is 17.2 Å². The first-order valence-electron chi connectivity index (χ1n) is 7.50. The van der Waals surface area contributed by atoms with Crippen LogP contribution in [0.3, 0.4) is 0 Å². The summed E-state index contributed by atoms with van der Waals surface area (Å²) in [5, 5.41) is 12.0. The number of hydrogen-bond acceptors (Lipinski definition) is 8. The highest BCUT2D eigenvalue weighted by molar-refractivity contribution is 7.13. The fourth-order valence-electron chi connectivity index (χ4n) is 2.20. The molecule has 4 rings (SSSR count). The van der Waals surface area contributed by atoms with Crippen molar-refractivity contribution in [1.29, 1.82) is 0 Å². The van der Waals surface area contributed by atoms with Crippen LogP contribution in [0.5, 0.6) is 0 Å². The van der Waals surface area contributed by atoms with Gasteiger partial charge in [0, 0.05) is 12.3 Å². The number of nitrogens with zero attached hydrogens (tertiary/aromatic N) is 3. The minimum Gasteiger partial charge on any atom is -0.355 e. The topological polar surface area (TPSA) is 127 Å². The van der Waals surface area contributed by atoms with Gasteiger partial charge in [0.2, 0.25) is 11.7 Å². The number of rotatable bonds is 5. The van der Waals surface area contributed by atoms with Crippen molar-refractivity contribution in [2.24, 2.45) is 0 Å². The Morgan fingerprint density at radius 2 is 2.15 bits per heavy atom. The lowest BCUT2D eigenvalue weighted by Crippen LogP contribution is -2.23. The Morgan fingerprint density at radius 1 is 1.23 bits per heavy atom. The van der Waals surface area contributed by atoms with Gasteiger partial charge in [0.1, 0.15) is 0 Å². The van der Waals surface area contributed by atoms with Crippen molar-refractivity contribution in [2.75, 3.05) is 0 Å². The Hall–Kier alpha value is -3.53. The van der Waals surface area contributed by atoms with Crippen LogP contribution in [0.15, 0.2) is 55.7 Å². The molecule has 0 aromatic carbocycles. The highest BCUT2D eigenvalue weighted by Gasteiger charge is 2.16. The number of thiophene rings is 1. The molecule has 0 atom stereocenters. The molecular weight excluding hydrogens is 358 g/mol. The van der Waals surface area contributed by atoms with E-state index in [-0.39, 0.29) is 35.1 Å². The van der Waals surface area contributed by atoms with Crippen LogP contribution in [0.4, 0.5) is 0 Å². The Morgan fingerprint density at radius 3 is 2.96 bits per heavy atom. The van der Waals surface area contributed by atoms with E-state index in [0.29, 0.717) is 5.76 Å². The average molecular weight is 369 g/mol. The Bertz CT molecular complexity index is 1100. The van der Waals surface area contributed by atoms with Crippen molar-refractivity contribution in [3.05, 3.63) is 63.8 Å². The third-order valence-electron chi connectivity index (χ3n) is 3.43. The molecule has 0 fully saturated rings. The minimum absolute atomic E-state index is 0.00222. The monoisotopic (exact) mass is 369 g/mol. The van der Waals surface area contributed by atoms with Crippen LogP contribution in [0.25, 0.3) is 22.0 Å². The van der Waals surface area contributed by atoms with Crippen LogP contribution in [-0.4, -0.2) is 26.2 Å². The number of nitrogens with one attached hydrogen (secondary N) is 2. The summed E-state index contributed by atoms with van der Waals surface area (Å²) in [4.78, 5) is 31.4. The van der Waals surface area contributed by atoms with E-state index in [1.165, 1.54) is 17.5 Å². The van der Waals surface area contributed by atoms with E-state index in [1.807, 2.05) is 17.5 Å². The summed E-state index contributed by atoms with van der Waals surface area (Å²) in [6, 6.07) is 8.55. The van der Waals surface area contributed by atoms with Crippen LogP contribution < -0.4 is 10.9 Å². The minimum atomic E-state index is -0.436. The summed E-state index contributed by atoms with van der Waals surface area (Å²) in [5.74, 6) is 0.401. The quantitative estimate of drug-likeness (QED) is 0.551. The maximum Gasteiger partial charge on any atom is 0.273 e. The molecule has 0 spiro atoms. The molecule has 0 saturated heterocycles. The van der Waals surface area contributed by atoms with Gasteiger partial charge in [-0.3, -0.25) is 9.59 Å².